The zero-order valence-corrected chi connectivity index (χ0v) is 12.7. The molecule has 114 valence electrons. The second-order valence-corrected chi connectivity index (χ2v) is 6.17. The lowest BCUT2D eigenvalue weighted by molar-refractivity contribution is -0.297. The highest BCUT2D eigenvalue weighted by molar-refractivity contribution is 5.73. The number of carbonyl (C=O) groups excluding carboxylic acids is 1. The summed E-state index contributed by atoms with van der Waals surface area (Å²) in [5, 5.41) is 0. The van der Waals surface area contributed by atoms with Crippen LogP contribution in [0.2, 0.25) is 0 Å². The molecule has 2 aliphatic rings. The van der Waals surface area contributed by atoms with Gasteiger partial charge in [-0.2, -0.15) is 0 Å². The molecule has 1 aromatic carbocycles. The van der Waals surface area contributed by atoms with Crippen LogP contribution in [0.3, 0.4) is 0 Å². The fourth-order valence-corrected chi connectivity index (χ4v) is 3.36. The summed E-state index contributed by atoms with van der Waals surface area (Å²) >= 11 is 0. The molecule has 2 heterocycles. The van der Waals surface area contributed by atoms with Crippen LogP contribution in [0.15, 0.2) is 30.3 Å². The van der Waals surface area contributed by atoms with Gasteiger partial charge in [-0.1, -0.05) is 44.2 Å². The first-order chi connectivity index (χ1) is 10.1. The van der Waals surface area contributed by atoms with Crippen molar-refractivity contribution in [3.8, 4) is 0 Å². The molecule has 0 N–H and O–H groups in total. The van der Waals surface area contributed by atoms with E-state index in [0.29, 0.717) is 6.61 Å². The topological polar surface area (TPSA) is 44.8 Å². The van der Waals surface area contributed by atoms with E-state index < -0.39 is 6.29 Å². The molecule has 0 radical (unpaired) electrons. The van der Waals surface area contributed by atoms with Gasteiger partial charge in [-0.05, 0) is 12.5 Å². The fourth-order valence-electron chi connectivity index (χ4n) is 3.36. The van der Waals surface area contributed by atoms with Gasteiger partial charge in [0.25, 0.3) is 0 Å². The summed E-state index contributed by atoms with van der Waals surface area (Å²) in [6.07, 6.45) is -0.562. The number of carbonyl (C=O) groups is 1. The molecule has 1 aromatic rings. The van der Waals surface area contributed by atoms with E-state index in [0.717, 1.165) is 5.56 Å². The molecule has 2 fully saturated rings. The maximum absolute atomic E-state index is 11.8. The van der Waals surface area contributed by atoms with Crippen LogP contribution < -0.4 is 0 Å². The van der Waals surface area contributed by atoms with Gasteiger partial charge < -0.3 is 14.2 Å². The molecular formula is C17H22O4. The van der Waals surface area contributed by atoms with Crippen LogP contribution in [0.25, 0.3) is 0 Å². The predicted molar refractivity (Wildman–Crippen MR) is 77.3 cm³/mol. The van der Waals surface area contributed by atoms with E-state index in [9.17, 15) is 4.79 Å². The Morgan fingerprint density at radius 1 is 1.10 bits per heavy atom. The zero-order chi connectivity index (χ0) is 15.0. The molecule has 3 rings (SSSR count). The SMILES string of the molecule is CC1C2OC(=O)[C@@H](C)C(O2)C(C)C1OCc1ccccc1. The van der Waals surface area contributed by atoms with Gasteiger partial charge in [0.05, 0.1) is 24.7 Å². The smallest absolute Gasteiger partial charge is 0.313 e. The van der Waals surface area contributed by atoms with Gasteiger partial charge >= 0.3 is 5.97 Å². The lowest BCUT2D eigenvalue weighted by Gasteiger charge is -2.48. The highest BCUT2D eigenvalue weighted by Crippen LogP contribution is 2.40. The maximum atomic E-state index is 11.8. The molecule has 21 heavy (non-hydrogen) atoms. The normalized spacial score (nSPS) is 38.9. The van der Waals surface area contributed by atoms with E-state index in [1.807, 2.05) is 32.0 Å². The Kier molecular flexibility index (Phi) is 4.00. The van der Waals surface area contributed by atoms with Crippen LogP contribution in [0.1, 0.15) is 26.3 Å². The Morgan fingerprint density at radius 2 is 1.81 bits per heavy atom. The zero-order valence-electron chi connectivity index (χ0n) is 12.7. The van der Waals surface area contributed by atoms with E-state index >= 15 is 0 Å². The molecule has 4 nitrogen and oxygen atoms in total. The molecule has 0 amide bonds. The third kappa shape index (κ3) is 2.70. The molecule has 4 heteroatoms. The number of esters is 1. The summed E-state index contributed by atoms with van der Waals surface area (Å²) in [5.74, 6) is -0.178. The van der Waals surface area contributed by atoms with Gasteiger partial charge in [-0.15, -0.1) is 0 Å². The molecule has 0 saturated carbocycles. The maximum Gasteiger partial charge on any atom is 0.313 e. The van der Waals surface area contributed by atoms with Crippen molar-refractivity contribution in [2.75, 3.05) is 0 Å². The van der Waals surface area contributed by atoms with Crippen molar-refractivity contribution in [1.82, 2.24) is 0 Å². The molecule has 0 spiro atoms. The van der Waals surface area contributed by atoms with Gasteiger partial charge in [0.2, 0.25) is 6.29 Å². The lowest BCUT2D eigenvalue weighted by atomic mass is 9.79. The largest absolute Gasteiger partial charge is 0.435 e. The molecule has 2 bridgehead atoms. The number of hydrogen-bond donors (Lipinski definition) is 0. The predicted octanol–water partition coefficient (Wildman–Crippen LogP) is 2.76. The Bertz CT molecular complexity index is 501. The van der Waals surface area contributed by atoms with E-state index in [4.69, 9.17) is 14.2 Å². The fraction of sp³-hybridized carbons (Fsp3) is 0.588. The van der Waals surface area contributed by atoms with Crippen molar-refractivity contribution in [3.05, 3.63) is 35.9 Å². The van der Waals surface area contributed by atoms with Crippen LogP contribution in [0.5, 0.6) is 0 Å². The van der Waals surface area contributed by atoms with Crippen molar-refractivity contribution in [1.29, 1.82) is 0 Å². The average molecular weight is 290 g/mol. The number of benzene rings is 1. The van der Waals surface area contributed by atoms with Crippen LogP contribution in [-0.4, -0.2) is 24.5 Å². The molecular weight excluding hydrogens is 268 g/mol. The summed E-state index contributed by atoms with van der Waals surface area (Å²) in [4.78, 5) is 11.8. The summed E-state index contributed by atoms with van der Waals surface area (Å²) < 4.78 is 17.4. The standard InChI is InChI=1S/C17H22O4/c1-10-14(19-9-13-7-5-4-6-8-13)12(3)17-20-15(10)11(2)16(18)21-17/h4-8,10-12,14-15,17H,9H2,1-3H3/t10?,11-,12?,14?,15?,17?/m0/s1. The Morgan fingerprint density at radius 3 is 2.52 bits per heavy atom. The van der Waals surface area contributed by atoms with Crippen molar-refractivity contribution in [3.63, 3.8) is 0 Å². The number of rotatable bonds is 3. The summed E-state index contributed by atoms with van der Waals surface area (Å²) in [5.41, 5.74) is 1.15. The van der Waals surface area contributed by atoms with E-state index in [1.165, 1.54) is 0 Å². The summed E-state index contributed by atoms with van der Waals surface area (Å²) in [6.45, 7) is 6.56. The minimum Gasteiger partial charge on any atom is -0.435 e. The third-order valence-electron chi connectivity index (χ3n) is 4.66. The molecule has 0 aliphatic carbocycles. The number of fused-ring (bicyclic) bond motifs is 2. The van der Waals surface area contributed by atoms with Gasteiger partial charge in [0.15, 0.2) is 0 Å². The molecule has 6 atom stereocenters. The molecule has 2 saturated heterocycles. The van der Waals surface area contributed by atoms with Gasteiger partial charge in [-0.25, -0.2) is 0 Å². The van der Waals surface area contributed by atoms with Crippen LogP contribution in [-0.2, 0) is 25.6 Å². The van der Waals surface area contributed by atoms with Crippen LogP contribution in [0.4, 0.5) is 0 Å². The van der Waals surface area contributed by atoms with E-state index in [-0.39, 0.29) is 35.9 Å². The monoisotopic (exact) mass is 290 g/mol. The highest BCUT2D eigenvalue weighted by atomic mass is 16.7. The minimum absolute atomic E-state index is 0.0320. The lowest BCUT2D eigenvalue weighted by Crippen LogP contribution is -2.58. The van der Waals surface area contributed by atoms with Crippen molar-refractivity contribution in [2.24, 2.45) is 17.8 Å². The van der Waals surface area contributed by atoms with Crippen LogP contribution >= 0.6 is 0 Å². The van der Waals surface area contributed by atoms with Crippen molar-refractivity contribution >= 4 is 5.97 Å². The van der Waals surface area contributed by atoms with E-state index in [2.05, 4.69) is 19.1 Å². The Balaban J connectivity index is 1.71. The average Bonchev–Trinajstić information content (AvgIpc) is 2.49. The first-order valence-electron chi connectivity index (χ1n) is 7.59. The first-order valence-corrected chi connectivity index (χ1v) is 7.59. The van der Waals surface area contributed by atoms with Gasteiger partial charge in [0.1, 0.15) is 0 Å². The van der Waals surface area contributed by atoms with Crippen molar-refractivity contribution < 1.29 is 19.0 Å². The third-order valence-corrected chi connectivity index (χ3v) is 4.66. The minimum atomic E-state index is -0.476. The molecule has 0 aromatic heterocycles. The Hall–Kier alpha value is -1.39. The Labute approximate surface area is 125 Å². The van der Waals surface area contributed by atoms with Crippen molar-refractivity contribution in [2.45, 2.75) is 45.9 Å². The highest BCUT2D eigenvalue weighted by Gasteiger charge is 2.51. The quantitative estimate of drug-likeness (QED) is 0.803. The molecule has 2 aliphatic heterocycles. The number of ether oxygens (including phenoxy) is 3. The number of hydrogen-bond acceptors (Lipinski definition) is 4. The summed E-state index contributed by atoms with van der Waals surface area (Å²) in [6, 6.07) is 10.1. The second-order valence-electron chi connectivity index (χ2n) is 6.17. The summed E-state index contributed by atoms with van der Waals surface area (Å²) in [7, 11) is 0. The van der Waals surface area contributed by atoms with Gasteiger partial charge in [0, 0.05) is 11.8 Å². The van der Waals surface area contributed by atoms with Gasteiger partial charge in [-0.3, -0.25) is 4.79 Å². The second kappa shape index (κ2) is 5.78. The van der Waals surface area contributed by atoms with Crippen LogP contribution in [0, 0.1) is 17.8 Å². The van der Waals surface area contributed by atoms with E-state index in [1.54, 1.807) is 0 Å². The first kappa shape index (κ1) is 14.5. The molecule has 5 unspecified atom stereocenters.